The van der Waals surface area contributed by atoms with Crippen molar-refractivity contribution in [2.24, 2.45) is 11.7 Å². The lowest BCUT2D eigenvalue weighted by Crippen LogP contribution is -2.44. The number of hydrogen-bond acceptors (Lipinski definition) is 4. The van der Waals surface area contributed by atoms with Crippen molar-refractivity contribution in [3.63, 3.8) is 0 Å². The molecule has 1 heterocycles. The van der Waals surface area contributed by atoms with Crippen molar-refractivity contribution in [1.29, 1.82) is 0 Å². The summed E-state index contributed by atoms with van der Waals surface area (Å²) in [4.78, 5) is 16.3. The first-order valence-corrected chi connectivity index (χ1v) is 7.58. The van der Waals surface area contributed by atoms with Crippen LogP contribution in [-0.4, -0.2) is 23.5 Å². The van der Waals surface area contributed by atoms with Gasteiger partial charge in [0.25, 0.3) is 0 Å². The molecule has 19 heavy (non-hydrogen) atoms. The largest absolute Gasteiger partial charge is 0.354 e. The summed E-state index contributed by atoms with van der Waals surface area (Å²) < 4.78 is 0. The van der Waals surface area contributed by atoms with E-state index in [1.807, 2.05) is 13.8 Å². The number of carbonyl (C=O) groups is 1. The summed E-state index contributed by atoms with van der Waals surface area (Å²) in [6.45, 7) is 10.9. The number of amides is 1. The van der Waals surface area contributed by atoms with Crippen LogP contribution in [0.3, 0.4) is 0 Å². The summed E-state index contributed by atoms with van der Waals surface area (Å²) in [5.74, 6) is 0.0787. The first-order chi connectivity index (χ1) is 8.71. The summed E-state index contributed by atoms with van der Waals surface area (Å²) in [5, 5.41) is 6.02. The Kier molecular flexibility index (Phi) is 5.50. The predicted octanol–water partition coefficient (Wildman–Crippen LogP) is 2.08. The van der Waals surface area contributed by atoms with Crippen molar-refractivity contribution in [1.82, 2.24) is 10.3 Å². The molecule has 0 aliphatic rings. The zero-order valence-corrected chi connectivity index (χ0v) is 13.3. The van der Waals surface area contributed by atoms with Gasteiger partial charge in [-0.1, -0.05) is 34.6 Å². The highest BCUT2D eigenvalue weighted by molar-refractivity contribution is 7.09. The molecule has 1 aromatic heterocycles. The Labute approximate surface area is 119 Å². The first kappa shape index (κ1) is 16.1. The second-order valence-corrected chi connectivity index (χ2v) is 7.13. The summed E-state index contributed by atoms with van der Waals surface area (Å²) in [6.07, 6.45) is 0.761. The molecule has 108 valence electrons. The van der Waals surface area contributed by atoms with E-state index in [1.54, 1.807) is 11.3 Å². The summed E-state index contributed by atoms with van der Waals surface area (Å²) in [7, 11) is 0. The Hall–Kier alpha value is -0.940. The molecule has 4 nitrogen and oxygen atoms in total. The fourth-order valence-electron chi connectivity index (χ4n) is 1.48. The standard InChI is InChI=1S/C14H25N3OS/c1-9(2)12(15)13(18)16-7-6-11-17-10(8-19-11)14(3,4)5/h8-9,12H,6-7,15H2,1-5H3,(H,16,18)/t12-/m0/s1. The van der Waals surface area contributed by atoms with Gasteiger partial charge in [0.05, 0.1) is 16.7 Å². The number of nitrogens with two attached hydrogens (primary N) is 1. The quantitative estimate of drug-likeness (QED) is 0.869. The van der Waals surface area contributed by atoms with E-state index < -0.39 is 6.04 Å². The molecular weight excluding hydrogens is 258 g/mol. The monoisotopic (exact) mass is 283 g/mol. The van der Waals surface area contributed by atoms with Crippen molar-refractivity contribution in [3.05, 3.63) is 16.1 Å². The molecule has 0 fully saturated rings. The Balaban J connectivity index is 2.42. The maximum absolute atomic E-state index is 11.7. The van der Waals surface area contributed by atoms with Crippen LogP contribution in [0.15, 0.2) is 5.38 Å². The average Bonchev–Trinajstić information content (AvgIpc) is 2.76. The highest BCUT2D eigenvalue weighted by atomic mass is 32.1. The Morgan fingerprint density at radius 3 is 2.58 bits per heavy atom. The Bertz CT molecular complexity index is 421. The molecule has 1 rings (SSSR count). The predicted molar refractivity (Wildman–Crippen MR) is 80.3 cm³/mol. The normalized spacial score (nSPS) is 13.6. The van der Waals surface area contributed by atoms with E-state index in [4.69, 9.17) is 5.73 Å². The number of nitrogens with zero attached hydrogens (tertiary/aromatic N) is 1. The van der Waals surface area contributed by atoms with E-state index in [0.29, 0.717) is 6.54 Å². The second-order valence-electron chi connectivity index (χ2n) is 6.19. The van der Waals surface area contributed by atoms with Crippen LogP contribution in [0.5, 0.6) is 0 Å². The number of nitrogens with one attached hydrogen (secondary N) is 1. The second kappa shape index (κ2) is 6.48. The Morgan fingerprint density at radius 1 is 1.47 bits per heavy atom. The molecule has 0 aliphatic heterocycles. The molecule has 0 radical (unpaired) electrons. The molecule has 0 spiro atoms. The topological polar surface area (TPSA) is 68.0 Å². The first-order valence-electron chi connectivity index (χ1n) is 6.70. The minimum Gasteiger partial charge on any atom is -0.354 e. The molecular formula is C14H25N3OS. The van der Waals surface area contributed by atoms with Crippen molar-refractivity contribution in [2.45, 2.75) is 52.5 Å². The van der Waals surface area contributed by atoms with Gasteiger partial charge in [-0.25, -0.2) is 4.98 Å². The zero-order valence-electron chi connectivity index (χ0n) is 12.5. The summed E-state index contributed by atoms with van der Waals surface area (Å²) >= 11 is 1.65. The lowest BCUT2D eigenvalue weighted by Gasteiger charge is -2.15. The van der Waals surface area contributed by atoms with Crippen molar-refractivity contribution in [2.75, 3.05) is 6.54 Å². The lowest BCUT2D eigenvalue weighted by atomic mass is 9.93. The van der Waals surface area contributed by atoms with Crippen LogP contribution in [0.25, 0.3) is 0 Å². The maximum Gasteiger partial charge on any atom is 0.237 e. The fraction of sp³-hybridized carbons (Fsp3) is 0.714. The van der Waals surface area contributed by atoms with E-state index in [-0.39, 0.29) is 17.2 Å². The van der Waals surface area contributed by atoms with E-state index >= 15 is 0 Å². The van der Waals surface area contributed by atoms with Gasteiger partial charge in [-0.15, -0.1) is 11.3 Å². The SMILES string of the molecule is CC(C)[C@H](N)C(=O)NCCc1nc(C(C)(C)C)cs1. The maximum atomic E-state index is 11.7. The van der Waals surface area contributed by atoms with Gasteiger partial charge in [-0.05, 0) is 5.92 Å². The highest BCUT2D eigenvalue weighted by Gasteiger charge is 2.18. The van der Waals surface area contributed by atoms with E-state index in [2.05, 4.69) is 36.5 Å². The molecule has 3 N–H and O–H groups in total. The lowest BCUT2D eigenvalue weighted by molar-refractivity contribution is -0.123. The summed E-state index contributed by atoms with van der Waals surface area (Å²) in [5.41, 5.74) is 6.97. The van der Waals surface area contributed by atoms with Gasteiger partial charge in [-0.2, -0.15) is 0 Å². The van der Waals surface area contributed by atoms with Gasteiger partial charge in [0.2, 0.25) is 5.91 Å². The number of hydrogen-bond donors (Lipinski definition) is 2. The van der Waals surface area contributed by atoms with E-state index in [9.17, 15) is 4.79 Å². The molecule has 5 heteroatoms. The van der Waals surface area contributed by atoms with Crippen LogP contribution in [-0.2, 0) is 16.6 Å². The van der Waals surface area contributed by atoms with Crippen LogP contribution in [0, 0.1) is 5.92 Å². The smallest absolute Gasteiger partial charge is 0.237 e. The van der Waals surface area contributed by atoms with Crippen LogP contribution >= 0.6 is 11.3 Å². The number of carbonyl (C=O) groups excluding carboxylic acids is 1. The summed E-state index contributed by atoms with van der Waals surface area (Å²) in [6, 6.07) is -0.429. The number of rotatable bonds is 5. The average molecular weight is 283 g/mol. The molecule has 1 amide bonds. The third-order valence-electron chi connectivity index (χ3n) is 2.98. The van der Waals surface area contributed by atoms with Crippen molar-refractivity contribution < 1.29 is 4.79 Å². The Morgan fingerprint density at radius 2 is 2.11 bits per heavy atom. The van der Waals surface area contributed by atoms with Crippen LogP contribution < -0.4 is 11.1 Å². The third kappa shape index (κ3) is 4.91. The molecule has 0 unspecified atom stereocenters. The van der Waals surface area contributed by atoms with Crippen LogP contribution in [0.4, 0.5) is 0 Å². The van der Waals surface area contributed by atoms with Crippen molar-refractivity contribution >= 4 is 17.2 Å². The van der Waals surface area contributed by atoms with Crippen LogP contribution in [0.1, 0.15) is 45.3 Å². The zero-order chi connectivity index (χ0) is 14.6. The number of thiazole rings is 1. The van der Waals surface area contributed by atoms with E-state index in [0.717, 1.165) is 17.1 Å². The van der Waals surface area contributed by atoms with Gasteiger partial charge < -0.3 is 11.1 Å². The van der Waals surface area contributed by atoms with Gasteiger partial charge in [0.1, 0.15) is 0 Å². The fourth-order valence-corrected chi connectivity index (χ4v) is 2.51. The highest BCUT2D eigenvalue weighted by Crippen LogP contribution is 2.23. The van der Waals surface area contributed by atoms with Gasteiger partial charge in [0.15, 0.2) is 0 Å². The van der Waals surface area contributed by atoms with Crippen LogP contribution in [0.2, 0.25) is 0 Å². The molecule has 0 aromatic carbocycles. The van der Waals surface area contributed by atoms with Gasteiger partial charge >= 0.3 is 0 Å². The molecule has 0 saturated heterocycles. The van der Waals surface area contributed by atoms with Crippen molar-refractivity contribution in [3.8, 4) is 0 Å². The number of aromatic nitrogens is 1. The minimum atomic E-state index is -0.429. The molecule has 0 bridgehead atoms. The van der Waals surface area contributed by atoms with E-state index in [1.165, 1.54) is 0 Å². The molecule has 0 aliphatic carbocycles. The third-order valence-corrected chi connectivity index (χ3v) is 3.89. The van der Waals surface area contributed by atoms with Gasteiger partial charge in [-0.3, -0.25) is 4.79 Å². The molecule has 1 atom stereocenters. The molecule has 0 saturated carbocycles. The minimum absolute atomic E-state index is 0.0809. The van der Waals surface area contributed by atoms with Gasteiger partial charge in [0, 0.05) is 23.8 Å². The molecule has 1 aromatic rings.